The van der Waals surface area contributed by atoms with Gasteiger partial charge in [-0.3, -0.25) is 4.90 Å². The second kappa shape index (κ2) is 7.30. The Bertz CT molecular complexity index is 250. The number of allylic oxidation sites excluding steroid dienone is 1. The largest absolute Gasteiger partial charge is 0.381 e. The van der Waals surface area contributed by atoms with Crippen molar-refractivity contribution in [3.8, 4) is 0 Å². The van der Waals surface area contributed by atoms with Crippen molar-refractivity contribution >= 4 is 0 Å². The molecule has 2 aliphatic rings. The Morgan fingerprint density at radius 1 is 1.17 bits per heavy atom. The smallest absolute Gasteiger partial charge is 0.0474 e. The third-order valence-corrected chi connectivity index (χ3v) is 4.55. The van der Waals surface area contributed by atoms with Crippen LogP contribution in [0.2, 0.25) is 0 Å². The summed E-state index contributed by atoms with van der Waals surface area (Å²) in [5.41, 5.74) is 0.452. The van der Waals surface area contributed by atoms with Gasteiger partial charge in [0.2, 0.25) is 0 Å². The highest BCUT2D eigenvalue weighted by Crippen LogP contribution is 2.37. The lowest BCUT2D eigenvalue weighted by atomic mass is 9.76. The first-order valence-electron chi connectivity index (χ1n) is 7.82. The van der Waals surface area contributed by atoms with E-state index in [1.54, 1.807) is 0 Å². The van der Waals surface area contributed by atoms with Gasteiger partial charge in [0.15, 0.2) is 0 Å². The summed E-state index contributed by atoms with van der Waals surface area (Å²) in [4.78, 5) is 2.57. The van der Waals surface area contributed by atoms with E-state index < -0.39 is 0 Å². The number of nitrogens with zero attached hydrogens (tertiary/aromatic N) is 1. The quantitative estimate of drug-likeness (QED) is 0.668. The molecule has 0 radical (unpaired) electrons. The molecule has 0 amide bonds. The normalized spacial score (nSPS) is 24.9. The van der Waals surface area contributed by atoms with Crippen LogP contribution < -0.4 is 0 Å². The minimum absolute atomic E-state index is 0.452. The van der Waals surface area contributed by atoms with Gasteiger partial charge in [-0.25, -0.2) is 0 Å². The van der Waals surface area contributed by atoms with Gasteiger partial charge in [0.1, 0.15) is 0 Å². The number of hydrogen-bond donors (Lipinski definition) is 0. The lowest BCUT2D eigenvalue weighted by Gasteiger charge is -2.35. The summed E-state index contributed by atoms with van der Waals surface area (Å²) in [5, 5.41) is 0. The van der Waals surface area contributed by atoms with Gasteiger partial charge in [-0.1, -0.05) is 31.9 Å². The van der Waals surface area contributed by atoms with E-state index in [-0.39, 0.29) is 0 Å². The molecular formula is C16H29NO. The van der Waals surface area contributed by atoms with Crippen LogP contribution in [0.25, 0.3) is 0 Å². The van der Waals surface area contributed by atoms with Crippen molar-refractivity contribution in [1.82, 2.24) is 4.90 Å². The molecule has 0 atom stereocenters. The Kier molecular flexibility index (Phi) is 5.71. The number of hydrogen-bond acceptors (Lipinski definition) is 2. The van der Waals surface area contributed by atoms with E-state index in [0.717, 1.165) is 19.8 Å². The van der Waals surface area contributed by atoms with E-state index in [2.05, 4.69) is 24.0 Å². The number of rotatable bonds is 6. The van der Waals surface area contributed by atoms with Gasteiger partial charge in [0.25, 0.3) is 0 Å². The van der Waals surface area contributed by atoms with Crippen molar-refractivity contribution < 1.29 is 4.74 Å². The molecule has 2 fully saturated rings. The Morgan fingerprint density at radius 3 is 2.56 bits per heavy atom. The van der Waals surface area contributed by atoms with Crippen LogP contribution in [-0.4, -0.2) is 37.7 Å². The second-order valence-electron chi connectivity index (χ2n) is 5.99. The van der Waals surface area contributed by atoms with Crippen LogP contribution in [0.5, 0.6) is 0 Å². The summed E-state index contributed by atoms with van der Waals surface area (Å²) in [6.45, 7) is 7.97. The summed E-state index contributed by atoms with van der Waals surface area (Å²) in [6, 6.07) is 0. The summed E-state index contributed by atoms with van der Waals surface area (Å²) in [7, 11) is 0. The molecule has 2 heteroatoms. The van der Waals surface area contributed by atoms with Crippen molar-refractivity contribution in [3.05, 3.63) is 12.2 Å². The molecule has 0 aromatic heterocycles. The topological polar surface area (TPSA) is 12.5 Å². The molecule has 0 spiro atoms. The molecular weight excluding hydrogens is 222 g/mol. The van der Waals surface area contributed by atoms with Crippen LogP contribution in [0.1, 0.15) is 51.9 Å². The molecule has 2 aliphatic heterocycles. The van der Waals surface area contributed by atoms with E-state index in [9.17, 15) is 0 Å². The Labute approximate surface area is 112 Å². The van der Waals surface area contributed by atoms with Gasteiger partial charge in [0, 0.05) is 19.8 Å². The molecule has 0 N–H and O–H groups in total. The van der Waals surface area contributed by atoms with E-state index in [0.29, 0.717) is 5.41 Å². The molecule has 0 aliphatic carbocycles. The third kappa shape index (κ3) is 4.10. The predicted molar refractivity (Wildman–Crippen MR) is 76.8 cm³/mol. The van der Waals surface area contributed by atoms with Gasteiger partial charge in [-0.05, 0) is 50.6 Å². The summed E-state index contributed by atoms with van der Waals surface area (Å²) >= 11 is 0. The fourth-order valence-corrected chi connectivity index (χ4v) is 3.22. The highest BCUT2D eigenvalue weighted by Gasteiger charge is 2.29. The maximum absolute atomic E-state index is 5.54. The molecule has 0 unspecified atom stereocenters. The van der Waals surface area contributed by atoms with E-state index in [1.165, 1.54) is 58.0 Å². The van der Waals surface area contributed by atoms with Crippen molar-refractivity contribution in [2.45, 2.75) is 51.9 Å². The Hall–Kier alpha value is -0.340. The van der Waals surface area contributed by atoms with E-state index in [1.807, 2.05) is 0 Å². The van der Waals surface area contributed by atoms with Crippen molar-refractivity contribution in [1.29, 1.82) is 0 Å². The molecule has 18 heavy (non-hydrogen) atoms. The lowest BCUT2D eigenvalue weighted by molar-refractivity contribution is 0.0325. The van der Waals surface area contributed by atoms with E-state index in [4.69, 9.17) is 4.74 Å². The monoisotopic (exact) mass is 251 g/mol. The van der Waals surface area contributed by atoms with Crippen LogP contribution in [0.15, 0.2) is 12.2 Å². The first kappa shape index (κ1) is 14.1. The van der Waals surface area contributed by atoms with Crippen LogP contribution >= 0.6 is 0 Å². The molecule has 2 rings (SSSR count). The number of ether oxygens (including phenoxy) is 1. The molecule has 0 bridgehead atoms. The molecule has 2 saturated heterocycles. The first-order valence-corrected chi connectivity index (χ1v) is 7.82. The molecule has 2 heterocycles. The zero-order chi connectivity index (χ0) is 12.7. The highest BCUT2D eigenvalue weighted by molar-refractivity contribution is 5.02. The Morgan fingerprint density at radius 2 is 1.89 bits per heavy atom. The number of likely N-dealkylation sites (tertiary alicyclic amines) is 1. The lowest BCUT2D eigenvalue weighted by Crippen LogP contribution is -2.28. The third-order valence-electron chi connectivity index (χ3n) is 4.55. The minimum Gasteiger partial charge on any atom is -0.381 e. The molecule has 0 saturated carbocycles. The summed E-state index contributed by atoms with van der Waals surface area (Å²) < 4.78 is 5.54. The average molecular weight is 251 g/mol. The second-order valence-corrected chi connectivity index (χ2v) is 5.99. The number of unbranched alkanes of at least 4 members (excludes halogenated alkanes) is 1. The highest BCUT2D eigenvalue weighted by atomic mass is 16.5. The van der Waals surface area contributed by atoms with Gasteiger partial charge in [-0.2, -0.15) is 0 Å². The summed E-state index contributed by atoms with van der Waals surface area (Å²) in [5.74, 6) is 0. The molecule has 104 valence electrons. The Balaban J connectivity index is 1.84. The van der Waals surface area contributed by atoms with Gasteiger partial charge < -0.3 is 4.74 Å². The zero-order valence-electron chi connectivity index (χ0n) is 12.0. The van der Waals surface area contributed by atoms with Crippen LogP contribution in [-0.2, 0) is 4.74 Å². The summed E-state index contributed by atoms with van der Waals surface area (Å²) in [6.07, 6.45) is 14.2. The predicted octanol–water partition coefficient (Wildman–Crippen LogP) is 3.63. The van der Waals surface area contributed by atoms with Crippen molar-refractivity contribution in [2.24, 2.45) is 5.41 Å². The van der Waals surface area contributed by atoms with Crippen LogP contribution in [0, 0.1) is 5.41 Å². The fourth-order valence-electron chi connectivity index (χ4n) is 3.22. The standard InChI is InChI=1S/C16H29NO/c1-2-3-7-16(9-14-18-15-10-16)8-6-13-17-11-4-5-12-17/h6,8H,2-5,7,9-15H2,1H3/b8-6+. The van der Waals surface area contributed by atoms with Crippen molar-refractivity contribution in [2.75, 3.05) is 32.8 Å². The molecule has 2 nitrogen and oxygen atoms in total. The van der Waals surface area contributed by atoms with Crippen LogP contribution in [0.3, 0.4) is 0 Å². The first-order chi connectivity index (χ1) is 8.85. The average Bonchev–Trinajstić information content (AvgIpc) is 2.91. The van der Waals surface area contributed by atoms with Gasteiger partial charge in [-0.15, -0.1) is 0 Å². The van der Waals surface area contributed by atoms with Crippen molar-refractivity contribution in [3.63, 3.8) is 0 Å². The van der Waals surface area contributed by atoms with E-state index >= 15 is 0 Å². The SMILES string of the molecule is CCCCC1(/C=C/CN2CCCC2)CCOCC1. The maximum atomic E-state index is 5.54. The molecule has 0 aromatic rings. The maximum Gasteiger partial charge on any atom is 0.0474 e. The fraction of sp³-hybridized carbons (Fsp3) is 0.875. The van der Waals surface area contributed by atoms with Gasteiger partial charge >= 0.3 is 0 Å². The van der Waals surface area contributed by atoms with Crippen LogP contribution in [0.4, 0.5) is 0 Å². The minimum atomic E-state index is 0.452. The molecule has 0 aromatic carbocycles. The zero-order valence-corrected chi connectivity index (χ0v) is 12.0. The van der Waals surface area contributed by atoms with Gasteiger partial charge in [0.05, 0.1) is 0 Å².